The maximum Gasteiger partial charge on any atom is 0.269 e. The molecule has 7 heteroatoms. The molecule has 1 saturated heterocycles. The van der Waals surface area contributed by atoms with Gasteiger partial charge in [0.2, 0.25) is 0 Å². The Kier molecular flexibility index (Phi) is 5.63. The average molecular weight is 455 g/mol. The van der Waals surface area contributed by atoms with Crippen LogP contribution >= 0.6 is 0 Å². The van der Waals surface area contributed by atoms with Crippen molar-refractivity contribution in [2.45, 2.75) is 25.8 Å². The van der Waals surface area contributed by atoms with E-state index < -0.39 is 4.92 Å². The number of aromatic nitrogens is 1. The number of carbonyl (C=O) groups excluding carboxylic acids is 1. The fourth-order valence-corrected chi connectivity index (χ4v) is 4.59. The molecule has 5 rings (SSSR count). The second kappa shape index (κ2) is 8.76. The van der Waals surface area contributed by atoms with Crippen LogP contribution in [0, 0.1) is 17.0 Å². The van der Waals surface area contributed by atoms with E-state index in [2.05, 4.69) is 35.3 Å². The third-order valence-electron chi connectivity index (χ3n) is 6.63. The van der Waals surface area contributed by atoms with Gasteiger partial charge >= 0.3 is 0 Å². The zero-order valence-corrected chi connectivity index (χ0v) is 19.0. The zero-order valence-electron chi connectivity index (χ0n) is 19.0. The minimum absolute atomic E-state index is 0.00381. The first-order valence-corrected chi connectivity index (χ1v) is 11.4. The van der Waals surface area contributed by atoms with Gasteiger partial charge in [-0.05, 0) is 66.3 Å². The van der Waals surface area contributed by atoms with Gasteiger partial charge in [-0.25, -0.2) is 0 Å². The number of H-pyrrole nitrogens is 1. The van der Waals surface area contributed by atoms with Gasteiger partial charge < -0.3 is 15.6 Å². The van der Waals surface area contributed by atoms with Gasteiger partial charge in [0.25, 0.3) is 11.6 Å². The number of carbonyl (C=O) groups is 1. The number of nitrogens with one attached hydrogen (secondary N) is 1. The van der Waals surface area contributed by atoms with E-state index in [-0.39, 0.29) is 17.6 Å². The Labute approximate surface area is 197 Å². The topological polar surface area (TPSA) is 105 Å². The number of rotatable bonds is 4. The molecular weight excluding hydrogens is 428 g/mol. The van der Waals surface area contributed by atoms with Crippen molar-refractivity contribution in [2.75, 3.05) is 13.1 Å². The van der Waals surface area contributed by atoms with E-state index in [4.69, 9.17) is 5.73 Å². The van der Waals surface area contributed by atoms with Crippen molar-refractivity contribution in [1.29, 1.82) is 0 Å². The van der Waals surface area contributed by atoms with Crippen LogP contribution in [0.4, 0.5) is 5.69 Å². The molecule has 1 fully saturated rings. The van der Waals surface area contributed by atoms with Crippen LogP contribution < -0.4 is 5.73 Å². The monoisotopic (exact) mass is 454 g/mol. The predicted molar refractivity (Wildman–Crippen MR) is 134 cm³/mol. The van der Waals surface area contributed by atoms with E-state index in [1.165, 1.54) is 12.1 Å². The molecule has 1 aromatic heterocycles. The summed E-state index contributed by atoms with van der Waals surface area (Å²) >= 11 is 0. The highest BCUT2D eigenvalue weighted by Crippen LogP contribution is 2.37. The van der Waals surface area contributed by atoms with Crippen LogP contribution in [0.3, 0.4) is 0 Å². The van der Waals surface area contributed by atoms with Crippen LogP contribution in [0.1, 0.15) is 28.8 Å². The number of nitrogens with two attached hydrogens (primary N) is 1. The quantitative estimate of drug-likeness (QED) is 0.323. The summed E-state index contributed by atoms with van der Waals surface area (Å²) < 4.78 is 0. The molecule has 172 valence electrons. The normalized spacial score (nSPS) is 14.5. The number of aryl methyl sites for hydroxylation is 1. The smallest absolute Gasteiger partial charge is 0.269 e. The average Bonchev–Trinajstić information content (AvgIpc) is 3.27. The van der Waals surface area contributed by atoms with Crippen LogP contribution in [0.15, 0.2) is 66.9 Å². The van der Waals surface area contributed by atoms with Crippen molar-refractivity contribution in [3.8, 4) is 22.3 Å². The van der Waals surface area contributed by atoms with Crippen LogP contribution in [-0.4, -0.2) is 39.8 Å². The molecule has 0 atom stereocenters. The molecule has 0 spiro atoms. The molecule has 4 aromatic rings. The molecule has 2 heterocycles. The van der Waals surface area contributed by atoms with Gasteiger partial charge in [-0.1, -0.05) is 29.8 Å². The SMILES string of the molecule is Cc1ccc(-c2cc3[nH]cc(C(=O)N4CCC(N)CC4)c3cc2-c2ccc([N+](=O)[O-])cc2)cc1. The Balaban J connectivity index is 1.64. The van der Waals surface area contributed by atoms with Crippen molar-refractivity contribution in [1.82, 2.24) is 9.88 Å². The summed E-state index contributed by atoms with van der Waals surface area (Å²) in [7, 11) is 0. The van der Waals surface area contributed by atoms with E-state index in [0.29, 0.717) is 18.7 Å². The first kappa shape index (κ1) is 21.9. The Morgan fingerprint density at radius 3 is 2.21 bits per heavy atom. The van der Waals surface area contributed by atoms with Crippen molar-refractivity contribution in [2.24, 2.45) is 5.73 Å². The Hall–Kier alpha value is -3.97. The molecule has 0 saturated carbocycles. The summed E-state index contributed by atoms with van der Waals surface area (Å²) in [6.07, 6.45) is 3.39. The molecule has 3 N–H and O–H groups in total. The lowest BCUT2D eigenvalue weighted by molar-refractivity contribution is -0.384. The summed E-state index contributed by atoms with van der Waals surface area (Å²) in [5.41, 5.74) is 12.5. The van der Waals surface area contributed by atoms with Crippen molar-refractivity contribution in [3.05, 3.63) is 88.1 Å². The Morgan fingerprint density at radius 2 is 1.59 bits per heavy atom. The maximum atomic E-state index is 13.3. The van der Waals surface area contributed by atoms with Crippen LogP contribution in [0.2, 0.25) is 0 Å². The number of nitrogens with zero attached hydrogens (tertiary/aromatic N) is 2. The van der Waals surface area contributed by atoms with Gasteiger partial charge in [-0.2, -0.15) is 0 Å². The van der Waals surface area contributed by atoms with E-state index in [1.807, 2.05) is 17.9 Å². The highest BCUT2D eigenvalue weighted by molar-refractivity contribution is 6.09. The largest absolute Gasteiger partial charge is 0.360 e. The molecule has 1 amide bonds. The number of likely N-dealkylation sites (tertiary alicyclic amines) is 1. The Morgan fingerprint density at radius 1 is 1.00 bits per heavy atom. The van der Waals surface area contributed by atoms with E-state index in [9.17, 15) is 14.9 Å². The summed E-state index contributed by atoms with van der Waals surface area (Å²) in [5.74, 6) is -0.00381. The lowest BCUT2D eigenvalue weighted by Crippen LogP contribution is -2.42. The number of amides is 1. The van der Waals surface area contributed by atoms with Crippen molar-refractivity contribution in [3.63, 3.8) is 0 Å². The minimum atomic E-state index is -0.401. The number of benzene rings is 3. The van der Waals surface area contributed by atoms with Gasteiger partial charge in [-0.15, -0.1) is 0 Å². The highest BCUT2D eigenvalue weighted by atomic mass is 16.6. The second-order valence-corrected chi connectivity index (χ2v) is 8.95. The summed E-state index contributed by atoms with van der Waals surface area (Å²) in [4.78, 5) is 29.2. The molecule has 7 nitrogen and oxygen atoms in total. The Bertz CT molecular complexity index is 1370. The summed E-state index contributed by atoms with van der Waals surface area (Å²) in [5, 5.41) is 12.0. The van der Waals surface area contributed by atoms with Crippen LogP contribution in [-0.2, 0) is 0 Å². The lowest BCUT2D eigenvalue weighted by atomic mass is 9.92. The number of nitro groups is 1. The fourth-order valence-electron chi connectivity index (χ4n) is 4.59. The number of non-ortho nitro benzene ring substituents is 1. The van der Waals surface area contributed by atoms with E-state index in [1.54, 1.807) is 18.3 Å². The molecule has 1 aliphatic heterocycles. The van der Waals surface area contributed by atoms with E-state index in [0.717, 1.165) is 51.6 Å². The van der Waals surface area contributed by atoms with Crippen LogP contribution in [0.25, 0.3) is 33.2 Å². The predicted octanol–water partition coefficient (Wildman–Crippen LogP) is 5.28. The van der Waals surface area contributed by atoms with Gasteiger partial charge in [0.1, 0.15) is 0 Å². The third kappa shape index (κ3) is 4.06. The maximum absolute atomic E-state index is 13.3. The van der Waals surface area contributed by atoms with Gasteiger partial charge in [0.05, 0.1) is 10.5 Å². The molecule has 0 radical (unpaired) electrons. The van der Waals surface area contributed by atoms with Gasteiger partial charge in [0, 0.05) is 48.4 Å². The minimum Gasteiger partial charge on any atom is -0.360 e. The lowest BCUT2D eigenvalue weighted by Gasteiger charge is -2.30. The summed E-state index contributed by atoms with van der Waals surface area (Å²) in [6, 6.07) is 19.0. The highest BCUT2D eigenvalue weighted by Gasteiger charge is 2.24. The molecule has 0 aliphatic carbocycles. The number of hydrogen-bond donors (Lipinski definition) is 2. The van der Waals surface area contributed by atoms with E-state index >= 15 is 0 Å². The molecule has 0 unspecified atom stereocenters. The van der Waals surface area contributed by atoms with Crippen molar-refractivity contribution >= 4 is 22.5 Å². The molecule has 1 aliphatic rings. The van der Waals surface area contributed by atoms with Crippen molar-refractivity contribution < 1.29 is 9.72 Å². The molecule has 34 heavy (non-hydrogen) atoms. The number of piperidine rings is 1. The summed E-state index contributed by atoms with van der Waals surface area (Å²) in [6.45, 7) is 3.35. The first-order valence-electron chi connectivity index (χ1n) is 11.4. The number of aromatic amines is 1. The van der Waals surface area contributed by atoms with Gasteiger partial charge in [0.15, 0.2) is 0 Å². The number of hydrogen-bond acceptors (Lipinski definition) is 4. The van der Waals surface area contributed by atoms with Gasteiger partial charge in [-0.3, -0.25) is 14.9 Å². The number of fused-ring (bicyclic) bond motifs is 1. The molecular formula is C27H26N4O3. The molecule has 3 aromatic carbocycles. The van der Waals surface area contributed by atoms with Crippen LogP contribution in [0.5, 0.6) is 0 Å². The fraction of sp³-hybridized carbons (Fsp3) is 0.222. The zero-order chi connectivity index (χ0) is 23.8. The standard InChI is InChI=1S/C27H26N4O3/c1-17-2-4-18(5-3-17)23-15-26-24(14-22(23)19-6-8-21(9-7-19)31(33)34)25(16-29-26)27(32)30-12-10-20(28)11-13-30/h2-9,14-16,20,29H,10-13,28H2,1H3. The molecule has 0 bridgehead atoms. The number of nitro benzene ring substituents is 1. The second-order valence-electron chi connectivity index (χ2n) is 8.95. The third-order valence-corrected chi connectivity index (χ3v) is 6.63. The first-order chi connectivity index (χ1) is 16.4.